The number of benzene rings is 2. The first-order valence-electron chi connectivity index (χ1n) is 12.2. The van der Waals surface area contributed by atoms with Gasteiger partial charge in [0.2, 0.25) is 5.91 Å². The van der Waals surface area contributed by atoms with E-state index in [1.165, 1.54) is 12.1 Å². The van der Waals surface area contributed by atoms with Crippen LogP contribution in [0.5, 0.6) is 5.75 Å². The van der Waals surface area contributed by atoms with Crippen LogP contribution in [0.15, 0.2) is 79.1 Å². The third kappa shape index (κ3) is 4.99. The summed E-state index contributed by atoms with van der Waals surface area (Å²) in [5.74, 6) is -0.426. The predicted molar refractivity (Wildman–Crippen MR) is 144 cm³/mol. The third-order valence-corrected chi connectivity index (χ3v) is 6.44. The molecule has 0 fully saturated rings. The van der Waals surface area contributed by atoms with Gasteiger partial charge in [0, 0.05) is 30.1 Å². The first-order chi connectivity index (χ1) is 18.3. The van der Waals surface area contributed by atoms with E-state index in [9.17, 15) is 14.7 Å². The molecule has 5 aromatic rings. The molecule has 1 unspecified atom stereocenters. The molecule has 2 aromatic carbocycles. The molecular formula is C29H28N6O3. The summed E-state index contributed by atoms with van der Waals surface area (Å²) in [5.41, 5.74) is 6.58. The number of phenols is 1. The van der Waals surface area contributed by atoms with E-state index in [-0.39, 0.29) is 24.0 Å². The number of hydrogen-bond acceptors (Lipinski definition) is 5. The lowest BCUT2D eigenvalue weighted by Crippen LogP contribution is -2.32. The molecule has 1 atom stereocenters. The Balaban J connectivity index is 1.42. The number of carbonyl (C=O) groups excluding carboxylic acids is 2. The molecule has 3 heterocycles. The van der Waals surface area contributed by atoms with Gasteiger partial charge in [0.15, 0.2) is 0 Å². The first kappa shape index (κ1) is 24.8. The lowest BCUT2D eigenvalue weighted by Gasteiger charge is -2.19. The highest BCUT2D eigenvalue weighted by atomic mass is 16.3. The highest BCUT2D eigenvalue weighted by Gasteiger charge is 2.20. The molecule has 9 heteroatoms. The lowest BCUT2D eigenvalue weighted by atomic mass is 10.0. The van der Waals surface area contributed by atoms with E-state index in [1.807, 2.05) is 53.4 Å². The lowest BCUT2D eigenvalue weighted by molar-refractivity contribution is -0.121. The van der Waals surface area contributed by atoms with Gasteiger partial charge in [0.1, 0.15) is 11.4 Å². The monoisotopic (exact) mass is 508 g/mol. The number of fused-ring (bicyclic) bond motifs is 1. The van der Waals surface area contributed by atoms with E-state index in [0.29, 0.717) is 16.8 Å². The number of aryl methyl sites for hydroxylation is 2. The van der Waals surface area contributed by atoms with E-state index in [1.54, 1.807) is 37.5 Å². The van der Waals surface area contributed by atoms with Crippen LogP contribution in [0.3, 0.4) is 0 Å². The van der Waals surface area contributed by atoms with Gasteiger partial charge in [0.05, 0.1) is 35.7 Å². The van der Waals surface area contributed by atoms with Crippen LogP contribution in [0.4, 0.5) is 0 Å². The van der Waals surface area contributed by atoms with Crippen molar-refractivity contribution < 1.29 is 14.7 Å². The van der Waals surface area contributed by atoms with Crippen molar-refractivity contribution in [3.8, 4) is 22.7 Å². The maximum Gasteiger partial charge on any atom is 0.251 e. The number of rotatable bonds is 7. The van der Waals surface area contributed by atoms with Crippen LogP contribution in [0.2, 0.25) is 0 Å². The normalized spacial score (nSPS) is 11.9. The minimum absolute atomic E-state index is 0.0639. The van der Waals surface area contributed by atoms with Crippen LogP contribution in [0.25, 0.3) is 22.6 Å². The standard InChI is InChI=1S/C29H28N6O3/c1-18-13-19(2)35(33-18)23-6-4-5-21(14-23)26-17-31-27-15-22(11-12-34(26)27)29(38)32-25(16-28(37)30-3)20-7-9-24(36)10-8-20/h4-15,17,25,36H,16H2,1-3H3,(H,30,37)(H,32,38). The molecule has 0 aliphatic heterocycles. The zero-order valence-corrected chi connectivity index (χ0v) is 21.3. The molecule has 0 saturated heterocycles. The second-order valence-electron chi connectivity index (χ2n) is 9.17. The number of amides is 2. The SMILES string of the molecule is CNC(=O)CC(NC(=O)c1ccn2c(-c3cccc(-n4nc(C)cc4C)c3)cnc2c1)c1ccc(O)cc1. The quantitative estimate of drug-likeness (QED) is 0.306. The summed E-state index contributed by atoms with van der Waals surface area (Å²) in [6.07, 6.45) is 3.66. The van der Waals surface area contributed by atoms with Gasteiger partial charge >= 0.3 is 0 Å². The fraction of sp³-hybridized carbons (Fsp3) is 0.172. The zero-order valence-electron chi connectivity index (χ0n) is 21.3. The van der Waals surface area contributed by atoms with E-state index in [2.05, 4.69) is 26.8 Å². The molecular weight excluding hydrogens is 480 g/mol. The molecule has 38 heavy (non-hydrogen) atoms. The van der Waals surface area contributed by atoms with Crippen molar-refractivity contribution in [1.82, 2.24) is 29.8 Å². The Bertz CT molecular complexity index is 1630. The second kappa shape index (κ2) is 10.2. The molecule has 0 bridgehead atoms. The van der Waals surface area contributed by atoms with Gasteiger partial charge in [-0.05, 0) is 61.9 Å². The summed E-state index contributed by atoms with van der Waals surface area (Å²) in [5, 5.41) is 19.7. The smallest absolute Gasteiger partial charge is 0.251 e. The fourth-order valence-electron chi connectivity index (χ4n) is 4.51. The van der Waals surface area contributed by atoms with Gasteiger partial charge in [0.25, 0.3) is 5.91 Å². The Labute approximate surface area is 219 Å². The van der Waals surface area contributed by atoms with Crippen molar-refractivity contribution in [2.45, 2.75) is 26.3 Å². The number of carbonyl (C=O) groups is 2. The van der Waals surface area contributed by atoms with Crippen molar-refractivity contribution in [3.05, 3.63) is 102 Å². The molecule has 2 amide bonds. The van der Waals surface area contributed by atoms with Crippen LogP contribution in [-0.4, -0.2) is 43.1 Å². The van der Waals surface area contributed by atoms with Gasteiger partial charge in [-0.1, -0.05) is 24.3 Å². The van der Waals surface area contributed by atoms with E-state index >= 15 is 0 Å². The van der Waals surface area contributed by atoms with Crippen LogP contribution in [0.1, 0.15) is 39.8 Å². The van der Waals surface area contributed by atoms with Crippen molar-refractivity contribution >= 4 is 17.5 Å². The topological polar surface area (TPSA) is 114 Å². The van der Waals surface area contributed by atoms with Crippen LogP contribution >= 0.6 is 0 Å². The van der Waals surface area contributed by atoms with Crippen LogP contribution < -0.4 is 10.6 Å². The minimum atomic E-state index is -0.563. The highest BCUT2D eigenvalue weighted by molar-refractivity contribution is 5.95. The molecule has 3 N–H and O–H groups in total. The van der Waals surface area contributed by atoms with Gasteiger partial charge in [-0.15, -0.1) is 0 Å². The number of nitrogens with zero attached hydrogens (tertiary/aromatic N) is 4. The van der Waals surface area contributed by atoms with Crippen LogP contribution in [0, 0.1) is 13.8 Å². The number of nitrogens with one attached hydrogen (secondary N) is 2. The molecule has 0 aliphatic carbocycles. The zero-order chi connectivity index (χ0) is 26.8. The summed E-state index contributed by atoms with van der Waals surface area (Å²) in [6, 6.07) is 19.4. The molecule has 9 nitrogen and oxygen atoms in total. The summed E-state index contributed by atoms with van der Waals surface area (Å²) < 4.78 is 3.84. The average Bonchev–Trinajstić information content (AvgIpc) is 3.50. The van der Waals surface area contributed by atoms with Gasteiger partial charge in [-0.2, -0.15) is 5.10 Å². The maximum absolute atomic E-state index is 13.2. The Morgan fingerprint density at radius 3 is 2.53 bits per heavy atom. The average molecular weight is 509 g/mol. The molecule has 0 radical (unpaired) electrons. The first-order valence-corrected chi connectivity index (χ1v) is 12.2. The van der Waals surface area contributed by atoms with Crippen molar-refractivity contribution in [1.29, 1.82) is 0 Å². The summed E-state index contributed by atoms with van der Waals surface area (Å²) in [4.78, 5) is 29.8. The van der Waals surface area contributed by atoms with E-state index in [4.69, 9.17) is 0 Å². The number of hydrogen-bond donors (Lipinski definition) is 3. The number of phenolic OH excluding ortho intramolecular Hbond substituents is 1. The molecule has 0 saturated carbocycles. The Morgan fingerprint density at radius 2 is 1.82 bits per heavy atom. The van der Waals surface area contributed by atoms with Gasteiger partial charge in [-0.3, -0.25) is 14.0 Å². The molecule has 5 rings (SSSR count). The summed E-state index contributed by atoms with van der Waals surface area (Å²) >= 11 is 0. The maximum atomic E-state index is 13.2. The minimum Gasteiger partial charge on any atom is -0.508 e. The molecule has 192 valence electrons. The van der Waals surface area contributed by atoms with Crippen molar-refractivity contribution in [3.63, 3.8) is 0 Å². The Hall–Kier alpha value is -4.92. The number of aromatic nitrogens is 4. The van der Waals surface area contributed by atoms with Crippen molar-refractivity contribution in [2.75, 3.05) is 7.05 Å². The highest BCUT2D eigenvalue weighted by Crippen LogP contribution is 2.25. The van der Waals surface area contributed by atoms with Crippen LogP contribution in [-0.2, 0) is 4.79 Å². The fourth-order valence-corrected chi connectivity index (χ4v) is 4.51. The Kier molecular flexibility index (Phi) is 6.66. The number of pyridine rings is 1. The second-order valence-corrected chi connectivity index (χ2v) is 9.17. The Morgan fingerprint density at radius 1 is 1.03 bits per heavy atom. The van der Waals surface area contributed by atoms with E-state index in [0.717, 1.165) is 28.3 Å². The molecule has 0 aliphatic rings. The van der Waals surface area contributed by atoms with Gasteiger partial charge < -0.3 is 15.7 Å². The summed E-state index contributed by atoms with van der Waals surface area (Å²) in [6.45, 7) is 3.99. The molecule has 3 aromatic heterocycles. The largest absolute Gasteiger partial charge is 0.508 e. The predicted octanol–water partition coefficient (Wildman–Crippen LogP) is 4.12. The van der Waals surface area contributed by atoms with E-state index < -0.39 is 6.04 Å². The van der Waals surface area contributed by atoms with Gasteiger partial charge in [-0.25, -0.2) is 9.67 Å². The van der Waals surface area contributed by atoms with Crippen molar-refractivity contribution in [2.24, 2.45) is 0 Å². The molecule has 0 spiro atoms. The number of imidazole rings is 1. The number of aromatic hydroxyl groups is 1. The summed E-state index contributed by atoms with van der Waals surface area (Å²) in [7, 11) is 1.55. The third-order valence-electron chi connectivity index (χ3n) is 6.44.